The summed E-state index contributed by atoms with van der Waals surface area (Å²) in [5, 5.41) is 2.89. The van der Waals surface area contributed by atoms with Gasteiger partial charge in [-0.2, -0.15) is 0 Å². The quantitative estimate of drug-likeness (QED) is 0.738. The Hall–Kier alpha value is -1.34. The van der Waals surface area contributed by atoms with Gasteiger partial charge in [-0.1, -0.05) is 13.8 Å². The number of alkyl carbamates (subject to hydrolysis) is 1. The van der Waals surface area contributed by atoms with Crippen molar-refractivity contribution < 1.29 is 28.5 Å². The van der Waals surface area contributed by atoms with Gasteiger partial charge >= 0.3 is 12.1 Å². The van der Waals surface area contributed by atoms with E-state index in [-0.39, 0.29) is 29.3 Å². The van der Waals surface area contributed by atoms with Crippen molar-refractivity contribution in [3.63, 3.8) is 0 Å². The normalized spacial score (nSPS) is 34.1. The molecule has 1 heterocycles. The summed E-state index contributed by atoms with van der Waals surface area (Å²) in [6, 6.07) is -0.292. The molecule has 0 bridgehead atoms. The fourth-order valence-corrected chi connectivity index (χ4v) is 4.67. The highest BCUT2D eigenvalue weighted by molar-refractivity contribution is 5.76. The molecule has 1 spiro atoms. The molecule has 2 saturated carbocycles. The lowest BCUT2D eigenvalue weighted by molar-refractivity contribution is -0.298. The number of carbonyl (C=O) groups is 2. The van der Waals surface area contributed by atoms with Gasteiger partial charge in [0.05, 0.1) is 26.2 Å². The van der Waals surface area contributed by atoms with Gasteiger partial charge in [-0.25, -0.2) is 4.79 Å². The van der Waals surface area contributed by atoms with E-state index in [4.69, 9.17) is 18.9 Å². The summed E-state index contributed by atoms with van der Waals surface area (Å²) in [5.74, 6) is -0.992. The Bertz CT molecular complexity index is 586. The number of nitrogens with one attached hydrogen (secondary N) is 1. The summed E-state index contributed by atoms with van der Waals surface area (Å²) in [7, 11) is 1.39. The molecular formula is C20H33NO6. The maximum atomic E-state index is 12.5. The van der Waals surface area contributed by atoms with Crippen molar-refractivity contribution in [2.75, 3.05) is 20.3 Å². The second-order valence-corrected chi connectivity index (χ2v) is 10.0. The first kappa shape index (κ1) is 20.4. The summed E-state index contributed by atoms with van der Waals surface area (Å²) >= 11 is 0. The van der Waals surface area contributed by atoms with Crippen LogP contribution in [0.3, 0.4) is 0 Å². The molecule has 3 rings (SSSR count). The Morgan fingerprint density at radius 3 is 2.30 bits per heavy atom. The van der Waals surface area contributed by atoms with E-state index in [0.717, 1.165) is 6.42 Å². The van der Waals surface area contributed by atoms with Gasteiger partial charge in [-0.3, -0.25) is 4.79 Å². The molecule has 7 heteroatoms. The molecule has 0 radical (unpaired) electrons. The van der Waals surface area contributed by atoms with E-state index in [2.05, 4.69) is 19.2 Å². The summed E-state index contributed by atoms with van der Waals surface area (Å²) < 4.78 is 22.7. The molecule has 3 aliphatic rings. The van der Waals surface area contributed by atoms with Crippen molar-refractivity contribution in [2.45, 2.75) is 71.3 Å². The number of hydrogen-bond acceptors (Lipinski definition) is 6. The van der Waals surface area contributed by atoms with Crippen molar-refractivity contribution >= 4 is 12.1 Å². The van der Waals surface area contributed by atoms with Crippen LogP contribution in [0.5, 0.6) is 0 Å². The zero-order chi connectivity index (χ0) is 20.0. The van der Waals surface area contributed by atoms with Crippen LogP contribution in [0.4, 0.5) is 4.79 Å². The topological polar surface area (TPSA) is 83.1 Å². The minimum absolute atomic E-state index is 0.00546. The number of carbonyl (C=O) groups excluding carboxylic acids is 2. The van der Waals surface area contributed by atoms with E-state index in [1.54, 1.807) is 0 Å². The monoisotopic (exact) mass is 383 g/mol. The second kappa shape index (κ2) is 6.92. The molecule has 1 saturated heterocycles. The predicted molar refractivity (Wildman–Crippen MR) is 97.9 cm³/mol. The molecule has 0 unspecified atom stereocenters. The fourth-order valence-electron chi connectivity index (χ4n) is 4.67. The lowest BCUT2D eigenvalue weighted by Gasteiger charge is -2.42. The molecule has 27 heavy (non-hydrogen) atoms. The third-order valence-electron chi connectivity index (χ3n) is 5.80. The lowest BCUT2D eigenvalue weighted by atomic mass is 9.89. The molecule has 4 atom stereocenters. The first-order valence-electron chi connectivity index (χ1n) is 9.79. The zero-order valence-corrected chi connectivity index (χ0v) is 17.3. The summed E-state index contributed by atoms with van der Waals surface area (Å²) in [4.78, 5) is 24.7. The van der Waals surface area contributed by atoms with Gasteiger partial charge in [-0.15, -0.1) is 0 Å². The number of methoxy groups -OCH3 is 1. The molecule has 0 aromatic rings. The Morgan fingerprint density at radius 1 is 1.11 bits per heavy atom. The second-order valence-electron chi connectivity index (χ2n) is 10.0. The Morgan fingerprint density at radius 2 is 1.74 bits per heavy atom. The molecule has 0 aromatic carbocycles. The van der Waals surface area contributed by atoms with Gasteiger partial charge in [0.1, 0.15) is 5.60 Å². The average Bonchev–Trinajstić information content (AvgIpc) is 3.02. The number of fused-ring (bicyclic) bond motifs is 1. The summed E-state index contributed by atoms with van der Waals surface area (Å²) in [6.45, 7) is 11.0. The minimum Gasteiger partial charge on any atom is -0.469 e. The van der Waals surface area contributed by atoms with Crippen LogP contribution < -0.4 is 5.32 Å². The zero-order valence-electron chi connectivity index (χ0n) is 17.3. The number of esters is 1. The van der Waals surface area contributed by atoms with Crippen molar-refractivity contribution in [3.05, 3.63) is 0 Å². The fraction of sp³-hybridized carbons (Fsp3) is 0.900. The highest BCUT2D eigenvalue weighted by Gasteiger charge is 2.59. The van der Waals surface area contributed by atoms with E-state index in [9.17, 15) is 9.59 Å². The molecule has 0 aromatic heterocycles. The van der Waals surface area contributed by atoms with Crippen LogP contribution in [-0.4, -0.2) is 49.8 Å². The van der Waals surface area contributed by atoms with Crippen LogP contribution in [0.15, 0.2) is 0 Å². The number of rotatable bonds is 2. The van der Waals surface area contributed by atoms with Gasteiger partial charge in [0.2, 0.25) is 0 Å². The SMILES string of the molecule is COC(=O)[C@H]1[C@@H]2CC3(C[C@@H]2C[C@H]1NC(=O)OC(C)(C)C)OCC(C)(C)CO3. The van der Waals surface area contributed by atoms with E-state index in [1.165, 1.54) is 7.11 Å². The first-order valence-corrected chi connectivity index (χ1v) is 9.79. The van der Waals surface area contributed by atoms with Gasteiger partial charge in [-0.05, 0) is 39.0 Å². The van der Waals surface area contributed by atoms with Crippen LogP contribution in [0.1, 0.15) is 53.9 Å². The third kappa shape index (κ3) is 4.40. The largest absolute Gasteiger partial charge is 0.469 e. The molecule has 3 fully saturated rings. The van der Waals surface area contributed by atoms with Crippen molar-refractivity contribution in [2.24, 2.45) is 23.2 Å². The van der Waals surface area contributed by atoms with E-state index < -0.39 is 23.4 Å². The van der Waals surface area contributed by atoms with Crippen LogP contribution in [0.2, 0.25) is 0 Å². The Kier molecular flexibility index (Phi) is 5.23. The number of ether oxygens (including phenoxy) is 4. The van der Waals surface area contributed by atoms with E-state index in [0.29, 0.717) is 26.1 Å². The summed E-state index contributed by atoms with van der Waals surface area (Å²) in [6.07, 6.45) is 1.60. The molecule has 1 aliphatic heterocycles. The minimum atomic E-state index is -0.603. The van der Waals surface area contributed by atoms with Gasteiger partial charge in [0.25, 0.3) is 0 Å². The van der Waals surface area contributed by atoms with Crippen molar-refractivity contribution in [1.82, 2.24) is 5.32 Å². The highest BCUT2D eigenvalue weighted by Crippen LogP contribution is 2.55. The Labute approximate surface area is 161 Å². The smallest absolute Gasteiger partial charge is 0.407 e. The molecule has 2 aliphatic carbocycles. The van der Waals surface area contributed by atoms with Crippen molar-refractivity contribution in [1.29, 1.82) is 0 Å². The van der Waals surface area contributed by atoms with E-state index in [1.807, 2.05) is 20.8 Å². The number of amides is 1. The third-order valence-corrected chi connectivity index (χ3v) is 5.80. The van der Waals surface area contributed by atoms with E-state index >= 15 is 0 Å². The lowest BCUT2D eigenvalue weighted by Crippen LogP contribution is -2.48. The molecule has 7 nitrogen and oxygen atoms in total. The van der Waals surface area contributed by atoms with Crippen LogP contribution in [0, 0.1) is 23.2 Å². The van der Waals surface area contributed by atoms with Gasteiger partial charge in [0, 0.05) is 24.3 Å². The molecule has 1 amide bonds. The maximum Gasteiger partial charge on any atom is 0.407 e. The van der Waals surface area contributed by atoms with Crippen molar-refractivity contribution in [3.8, 4) is 0 Å². The van der Waals surface area contributed by atoms with Gasteiger partial charge < -0.3 is 24.3 Å². The van der Waals surface area contributed by atoms with Gasteiger partial charge in [0.15, 0.2) is 5.79 Å². The number of hydrogen-bond donors (Lipinski definition) is 1. The first-order chi connectivity index (χ1) is 12.4. The predicted octanol–water partition coefficient (Wildman–Crippen LogP) is 2.87. The average molecular weight is 383 g/mol. The van der Waals surface area contributed by atoms with Crippen LogP contribution in [0.25, 0.3) is 0 Å². The molecule has 154 valence electrons. The highest BCUT2D eigenvalue weighted by atomic mass is 16.7. The molecular weight excluding hydrogens is 350 g/mol. The summed E-state index contributed by atoms with van der Waals surface area (Å²) in [5.41, 5.74) is -0.578. The maximum absolute atomic E-state index is 12.5. The molecule has 1 N–H and O–H groups in total. The van der Waals surface area contributed by atoms with Crippen LogP contribution >= 0.6 is 0 Å². The van der Waals surface area contributed by atoms with Crippen LogP contribution in [-0.2, 0) is 23.7 Å². The standard InChI is InChI=1S/C20H33NO6/c1-18(2,3)27-17(23)21-14-7-12-8-20(25-10-19(4,5)11-26-20)9-13(12)15(14)16(22)24-6/h12-15H,7-11H2,1-6H3,(H,21,23)/t12-,13+,14+,15-/m0/s1. The Balaban J connectivity index is 1.69.